The van der Waals surface area contributed by atoms with E-state index in [2.05, 4.69) is 0 Å². The third-order valence-electron chi connectivity index (χ3n) is 4.54. The van der Waals surface area contributed by atoms with Crippen LogP contribution in [0.25, 0.3) is 0 Å². The molecule has 6 nitrogen and oxygen atoms in total. The summed E-state index contributed by atoms with van der Waals surface area (Å²) < 4.78 is 16.8. The maximum Gasteiger partial charge on any atom is 0.339 e. The molecule has 2 aromatic rings. The summed E-state index contributed by atoms with van der Waals surface area (Å²) in [4.78, 5) is 26.5. The van der Waals surface area contributed by atoms with Gasteiger partial charge in [-0.3, -0.25) is 4.79 Å². The molecule has 2 atom stereocenters. The highest BCUT2D eigenvalue weighted by atomic mass is 16.5. The molecule has 0 aliphatic carbocycles. The van der Waals surface area contributed by atoms with E-state index in [0.717, 1.165) is 19.4 Å². The number of benzene rings is 2. The van der Waals surface area contributed by atoms with Crippen molar-refractivity contribution in [3.63, 3.8) is 0 Å². The zero-order valence-electron chi connectivity index (χ0n) is 16.2. The van der Waals surface area contributed by atoms with E-state index in [9.17, 15) is 9.59 Å². The summed E-state index contributed by atoms with van der Waals surface area (Å²) in [7, 11) is 3.26. The molecule has 28 heavy (non-hydrogen) atoms. The minimum atomic E-state index is -0.987. The van der Waals surface area contributed by atoms with Crippen molar-refractivity contribution in [2.75, 3.05) is 27.3 Å². The van der Waals surface area contributed by atoms with Crippen LogP contribution in [0.5, 0.6) is 5.75 Å². The standard InChI is InChI=1S/C22H25NO5/c1-23(2)21(24)20(16-7-4-3-5-8-16)28-22(25)17-10-12-18(13-11-17)27-15-19-9-6-14-26-19/h3-5,7-8,10-13,19-20H,6,9,14-15H2,1-2H3/t19-,20+/m0/s1. The Kier molecular flexibility index (Phi) is 6.66. The average Bonchev–Trinajstić information content (AvgIpc) is 3.24. The molecule has 0 spiro atoms. The number of esters is 1. The first-order chi connectivity index (χ1) is 13.5. The van der Waals surface area contributed by atoms with Gasteiger partial charge in [0.05, 0.1) is 11.7 Å². The summed E-state index contributed by atoms with van der Waals surface area (Å²) in [5.74, 6) is -0.193. The molecule has 1 heterocycles. The fourth-order valence-electron chi connectivity index (χ4n) is 2.95. The smallest absolute Gasteiger partial charge is 0.339 e. The molecule has 2 aromatic carbocycles. The van der Waals surface area contributed by atoms with E-state index in [1.807, 2.05) is 6.07 Å². The predicted molar refractivity (Wildman–Crippen MR) is 104 cm³/mol. The first kappa shape index (κ1) is 19.9. The maximum absolute atomic E-state index is 12.6. The predicted octanol–water partition coefficient (Wildman–Crippen LogP) is 3.23. The Labute approximate surface area is 165 Å². The Hall–Kier alpha value is -2.86. The van der Waals surface area contributed by atoms with E-state index in [4.69, 9.17) is 14.2 Å². The molecule has 0 saturated carbocycles. The number of hydrogen-bond donors (Lipinski definition) is 0. The number of hydrogen-bond acceptors (Lipinski definition) is 5. The van der Waals surface area contributed by atoms with Crippen LogP contribution in [0.1, 0.15) is 34.9 Å². The number of carbonyl (C=O) groups excluding carboxylic acids is 2. The second-order valence-electron chi connectivity index (χ2n) is 6.90. The summed E-state index contributed by atoms with van der Waals surface area (Å²) in [6, 6.07) is 15.7. The lowest BCUT2D eigenvalue weighted by Gasteiger charge is -2.21. The fraction of sp³-hybridized carbons (Fsp3) is 0.364. The third-order valence-corrected chi connectivity index (χ3v) is 4.54. The summed E-state index contributed by atoms with van der Waals surface area (Å²) in [5, 5.41) is 0. The van der Waals surface area contributed by atoms with E-state index in [1.165, 1.54) is 4.90 Å². The van der Waals surface area contributed by atoms with Crippen molar-refractivity contribution in [2.45, 2.75) is 25.0 Å². The van der Waals surface area contributed by atoms with Gasteiger partial charge in [-0.15, -0.1) is 0 Å². The van der Waals surface area contributed by atoms with Gasteiger partial charge < -0.3 is 19.1 Å². The normalized spacial score (nSPS) is 17.0. The summed E-state index contributed by atoms with van der Waals surface area (Å²) in [5.41, 5.74) is 0.989. The van der Waals surface area contributed by atoms with Crippen molar-refractivity contribution in [2.24, 2.45) is 0 Å². The number of amides is 1. The Morgan fingerprint density at radius 1 is 1.11 bits per heavy atom. The monoisotopic (exact) mass is 383 g/mol. The Bertz CT molecular complexity index is 782. The number of rotatable bonds is 7. The molecule has 1 aliphatic rings. The largest absolute Gasteiger partial charge is 0.491 e. The number of ether oxygens (including phenoxy) is 3. The van der Waals surface area contributed by atoms with Crippen molar-refractivity contribution >= 4 is 11.9 Å². The molecule has 3 rings (SSSR count). The van der Waals surface area contributed by atoms with Crippen molar-refractivity contribution in [3.05, 3.63) is 65.7 Å². The fourth-order valence-corrected chi connectivity index (χ4v) is 2.95. The quantitative estimate of drug-likeness (QED) is 0.687. The van der Waals surface area contributed by atoms with Gasteiger partial charge in [-0.2, -0.15) is 0 Å². The second kappa shape index (κ2) is 9.37. The maximum atomic E-state index is 12.6. The molecular formula is C22H25NO5. The SMILES string of the molecule is CN(C)C(=O)[C@H](OC(=O)c1ccc(OC[C@@H]2CCCO2)cc1)c1ccccc1. The van der Waals surface area contributed by atoms with Crippen LogP contribution in [0, 0.1) is 0 Å². The van der Waals surface area contributed by atoms with Gasteiger partial charge in [-0.1, -0.05) is 30.3 Å². The summed E-state index contributed by atoms with van der Waals surface area (Å²) in [6.45, 7) is 1.28. The topological polar surface area (TPSA) is 65.1 Å². The van der Waals surface area contributed by atoms with E-state index in [1.54, 1.807) is 62.6 Å². The molecule has 1 amide bonds. The van der Waals surface area contributed by atoms with Crippen LogP contribution in [-0.4, -0.2) is 50.2 Å². The van der Waals surface area contributed by atoms with E-state index >= 15 is 0 Å². The highest BCUT2D eigenvalue weighted by Gasteiger charge is 2.27. The lowest BCUT2D eigenvalue weighted by Crippen LogP contribution is -2.31. The molecule has 0 N–H and O–H groups in total. The van der Waals surface area contributed by atoms with Gasteiger partial charge in [-0.25, -0.2) is 4.79 Å². The molecule has 0 bridgehead atoms. The Balaban J connectivity index is 1.65. The second-order valence-corrected chi connectivity index (χ2v) is 6.90. The third kappa shape index (κ3) is 5.10. The number of likely N-dealkylation sites (N-methyl/N-ethyl adjacent to an activating group) is 1. The van der Waals surface area contributed by atoms with Crippen molar-refractivity contribution in [1.82, 2.24) is 4.90 Å². The van der Waals surface area contributed by atoms with Crippen LogP contribution in [0.15, 0.2) is 54.6 Å². The van der Waals surface area contributed by atoms with Crippen LogP contribution in [0.2, 0.25) is 0 Å². The lowest BCUT2D eigenvalue weighted by molar-refractivity contribution is -0.138. The van der Waals surface area contributed by atoms with Crippen LogP contribution in [0.4, 0.5) is 0 Å². The van der Waals surface area contributed by atoms with Gasteiger partial charge in [-0.05, 0) is 37.1 Å². The molecular weight excluding hydrogens is 358 g/mol. The van der Waals surface area contributed by atoms with Gasteiger partial charge in [0.1, 0.15) is 12.4 Å². The number of nitrogens with zero attached hydrogens (tertiary/aromatic N) is 1. The summed E-state index contributed by atoms with van der Waals surface area (Å²) >= 11 is 0. The minimum absolute atomic E-state index is 0.133. The van der Waals surface area contributed by atoms with Gasteiger partial charge in [0.15, 0.2) is 0 Å². The van der Waals surface area contributed by atoms with Crippen LogP contribution in [0.3, 0.4) is 0 Å². The Morgan fingerprint density at radius 3 is 2.43 bits per heavy atom. The van der Waals surface area contributed by atoms with Crippen LogP contribution >= 0.6 is 0 Å². The molecule has 1 fully saturated rings. The average molecular weight is 383 g/mol. The van der Waals surface area contributed by atoms with Gasteiger partial charge in [0, 0.05) is 26.3 Å². The number of carbonyl (C=O) groups is 2. The molecule has 0 radical (unpaired) electrons. The van der Waals surface area contributed by atoms with Gasteiger partial charge in [0.2, 0.25) is 6.10 Å². The molecule has 1 saturated heterocycles. The molecule has 6 heteroatoms. The Morgan fingerprint density at radius 2 is 1.82 bits per heavy atom. The van der Waals surface area contributed by atoms with Gasteiger partial charge in [0.25, 0.3) is 5.91 Å². The molecule has 1 aliphatic heterocycles. The molecule has 148 valence electrons. The van der Waals surface area contributed by atoms with E-state index in [0.29, 0.717) is 23.5 Å². The van der Waals surface area contributed by atoms with Gasteiger partial charge >= 0.3 is 5.97 Å². The summed E-state index contributed by atoms with van der Waals surface area (Å²) in [6.07, 6.45) is 1.21. The minimum Gasteiger partial charge on any atom is -0.491 e. The highest BCUT2D eigenvalue weighted by Crippen LogP contribution is 2.22. The van der Waals surface area contributed by atoms with E-state index < -0.39 is 12.1 Å². The molecule has 0 aromatic heterocycles. The van der Waals surface area contributed by atoms with Crippen molar-refractivity contribution in [1.29, 1.82) is 0 Å². The zero-order chi connectivity index (χ0) is 19.9. The van der Waals surface area contributed by atoms with E-state index in [-0.39, 0.29) is 12.0 Å². The van der Waals surface area contributed by atoms with Crippen LogP contribution in [-0.2, 0) is 14.3 Å². The van der Waals surface area contributed by atoms with Crippen molar-refractivity contribution in [3.8, 4) is 5.75 Å². The lowest BCUT2D eigenvalue weighted by atomic mass is 10.1. The first-order valence-corrected chi connectivity index (χ1v) is 9.36. The first-order valence-electron chi connectivity index (χ1n) is 9.36. The van der Waals surface area contributed by atoms with Crippen LogP contribution < -0.4 is 4.74 Å². The zero-order valence-corrected chi connectivity index (χ0v) is 16.2. The highest BCUT2D eigenvalue weighted by molar-refractivity contribution is 5.92. The molecule has 0 unspecified atom stereocenters. The van der Waals surface area contributed by atoms with Crippen molar-refractivity contribution < 1.29 is 23.8 Å².